The minimum Gasteiger partial charge on any atom is -0.506 e. The lowest BCUT2D eigenvalue weighted by Crippen LogP contribution is -2.46. The molecule has 0 bridgehead atoms. The number of nitrogen functional groups attached to an aromatic ring is 1. The normalized spacial score (nSPS) is 15.8. The number of amides is 2. The zero-order valence-corrected chi connectivity index (χ0v) is 12.1. The number of hydrogen-bond donors (Lipinski definition) is 3. The molecule has 114 valence electrons. The fourth-order valence-corrected chi connectivity index (χ4v) is 2.42. The average molecular weight is 291 g/mol. The number of nitrogens with two attached hydrogens (primary N) is 1. The summed E-state index contributed by atoms with van der Waals surface area (Å²) in [6.07, 6.45) is 1.97. The van der Waals surface area contributed by atoms with Crippen LogP contribution in [-0.4, -0.2) is 41.0 Å². The first-order chi connectivity index (χ1) is 10.0. The van der Waals surface area contributed by atoms with Gasteiger partial charge >= 0.3 is 0 Å². The Morgan fingerprint density at radius 3 is 2.62 bits per heavy atom. The second-order valence-electron chi connectivity index (χ2n) is 5.26. The molecule has 0 unspecified atom stereocenters. The van der Waals surface area contributed by atoms with Crippen LogP contribution >= 0.6 is 0 Å². The monoisotopic (exact) mass is 291 g/mol. The van der Waals surface area contributed by atoms with Gasteiger partial charge in [0.05, 0.1) is 5.69 Å². The van der Waals surface area contributed by atoms with Crippen molar-refractivity contribution in [1.29, 1.82) is 0 Å². The van der Waals surface area contributed by atoms with E-state index < -0.39 is 0 Å². The number of aromatic hydroxyl groups is 1. The summed E-state index contributed by atoms with van der Waals surface area (Å²) in [6, 6.07) is 4.67. The van der Waals surface area contributed by atoms with Crippen molar-refractivity contribution in [2.75, 3.05) is 18.8 Å². The SMILES string of the molecule is CCC(=O)NC1CCN(C(=O)c2ccc(N)c(O)c2)CC1. The van der Waals surface area contributed by atoms with Crippen molar-refractivity contribution in [2.24, 2.45) is 0 Å². The van der Waals surface area contributed by atoms with Crippen LogP contribution in [0.2, 0.25) is 0 Å². The summed E-state index contributed by atoms with van der Waals surface area (Å²) in [4.78, 5) is 25.4. The number of nitrogens with one attached hydrogen (secondary N) is 1. The molecule has 21 heavy (non-hydrogen) atoms. The lowest BCUT2D eigenvalue weighted by atomic mass is 10.0. The Morgan fingerprint density at radius 1 is 1.38 bits per heavy atom. The number of phenolic OH excluding ortho intramolecular Hbond substituents is 1. The Hall–Kier alpha value is -2.24. The van der Waals surface area contributed by atoms with Crippen LogP contribution in [0.25, 0.3) is 0 Å². The number of hydrogen-bond acceptors (Lipinski definition) is 4. The molecular weight excluding hydrogens is 270 g/mol. The molecule has 6 heteroatoms. The largest absolute Gasteiger partial charge is 0.506 e. The zero-order valence-electron chi connectivity index (χ0n) is 12.1. The standard InChI is InChI=1S/C15H21N3O3/c1-2-14(20)17-11-5-7-18(8-6-11)15(21)10-3-4-12(16)13(19)9-10/h3-4,9,11,19H,2,5-8,16H2,1H3,(H,17,20). The second-order valence-corrected chi connectivity index (χ2v) is 5.26. The molecule has 0 spiro atoms. The number of piperidine rings is 1. The van der Waals surface area contributed by atoms with Gasteiger partial charge in [0, 0.05) is 31.1 Å². The van der Waals surface area contributed by atoms with Crippen molar-refractivity contribution in [2.45, 2.75) is 32.2 Å². The van der Waals surface area contributed by atoms with E-state index in [1.165, 1.54) is 12.1 Å². The molecule has 6 nitrogen and oxygen atoms in total. The predicted octanol–water partition coefficient (Wildman–Crippen LogP) is 1.11. The predicted molar refractivity (Wildman–Crippen MR) is 79.9 cm³/mol. The molecule has 1 heterocycles. The van der Waals surface area contributed by atoms with Crippen molar-refractivity contribution in [3.8, 4) is 5.75 Å². The van der Waals surface area contributed by atoms with Crippen LogP contribution in [-0.2, 0) is 4.79 Å². The van der Waals surface area contributed by atoms with Crippen molar-refractivity contribution >= 4 is 17.5 Å². The highest BCUT2D eigenvalue weighted by atomic mass is 16.3. The second kappa shape index (κ2) is 6.47. The third-order valence-electron chi connectivity index (χ3n) is 3.75. The Labute approximate surface area is 123 Å². The summed E-state index contributed by atoms with van der Waals surface area (Å²) in [5, 5.41) is 12.5. The van der Waals surface area contributed by atoms with Crippen LogP contribution < -0.4 is 11.1 Å². The van der Waals surface area contributed by atoms with Crippen molar-refractivity contribution < 1.29 is 14.7 Å². The van der Waals surface area contributed by atoms with Gasteiger partial charge in [-0.05, 0) is 31.0 Å². The molecule has 2 amide bonds. The van der Waals surface area contributed by atoms with Crippen LogP contribution in [0, 0.1) is 0 Å². The van der Waals surface area contributed by atoms with Crippen molar-refractivity contribution in [3.63, 3.8) is 0 Å². The lowest BCUT2D eigenvalue weighted by molar-refractivity contribution is -0.121. The quantitative estimate of drug-likeness (QED) is 0.574. The van der Waals surface area contributed by atoms with Crippen LogP contribution in [0.1, 0.15) is 36.5 Å². The van der Waals surface area contributed by atoms with Crippen molar-refractivity contribution in [1.82, 2.24) is 10.2 Å². The third-order valence-corrected chi connectivity index (χ3v) is 3.75. The summed E-state index contributed by atoms with van der Waals surface area (Å²) >= 11 is 0. The average Bonchev–Trinajstić information content (AvgIpc) is 2.50. The minimum absolute atomic E-state index is 0.0447. The number of benzene rings is 1. The first-order valence-corrected chi connectivity index (χ1v) is 7.18. The van der Waals surface area contributed by atoms with Crippen molar-refractivity contribution in [3.05, 3.63) is 23.8 Å². The molecule has 0 aromatic heterocycles. The first kappa shape index (κ1) is 15.2. The van der Waals surface area contributed by atoms with Crippen LogP contribution in [0.3, 0.4) is 0 Å². The van der Waals surface area contributed by atoms with E-state index in [1.54, 1.807) is 11.0 Å². The topological polar surface area (TPSA) is 95.7 Å². The van der Waals surface area contributed by atoms with E-state index in [0.717, 1.165) is 12.8 Å². The molecule has 0 radical (unpaired) electrons. The van der Waals surface area contributed by atoms with E-state index >= 15 is 0 Å². The minimum atomic E-state index is -0.120. The molecule has 1 aliphatic rings. The van der Waals surface area contributed by atoms with Gasteiger partial charge in [-0.1, -0.05) is 6.92 Å². The summed E-state index contributed by atoms with van der Waals surface area (Å²) in [6.45, 7) is 3.01. The van der Waals surface area contributed by atoms with Gasteiger partial charge in [-0.15, -0.1) is 0 Å². The van der Waals surface area contributed by atoms with E-state index in [1.807, 2.05) is 6.92 Å². The van der Waals surface area contributed by atoms with Crippen LogP contribution in [0.15, 0.2) is 18.2 Å². The van der Waals surface area contributed by atoms with Gasteiger partial charge in [0.1, 0.15) is 5.75 Å². The van der Waals surface area contributed by atoms with Crippen LogP contribution in [0.5, 0.6) is 5.75 Å². The fourth-order valence-electron chi connectivity index (χ4n) is 2.42. The van der Waals surface area contributed by atoms with Crippen LogP contribution in [0.4, 0.5) is 5.69 Å². The van der Waals surface area contributed by atoms with E-state index in [0.29, 0.717) is 25.1 Å². The summed E-state index contributed by atoms with van der Waals surface area (Å²) < 4.78 is 0. The molecule has 1 aromatic rings. The maximum absolute atomic E-state index is 12.3. The maximum atomic E-state index is 12.3. The van der Waals surface area contributed by atoms with E-state index in [4.69, 9.17) is 5.73 Å². The van der Waals surface area contributed by atoms with Gasteiger partial charge in [0.15, 0.2) is 0 Å². The first-order valence-electron chi connectivity index (χ1n) is 7.18. The molecule has 0 saturated carbocycles. The molecule has 2 rings (SSSR count). The highest BCUT2D eigenvalue weighted by molar-refractivity contribution is 5.95. The number of phenols is 1. The number of anilines is 1. The van der Waals surface area contributed by atoms with E-state index in [-0.39, 0.29) is 29.3 Å². The molecule has 0 aliphatic carbocycles. The van der Waals surface area contributed by atoms with E-state index in [9.17, 15) is 14.7 Å². The molecular formula is C15H21N3O3. The Kier molecular flexibility index (Phi) is 4.67. The van der Waals surface area contributed by atoms with Gasteiger partial charge in [-0.3, -0.25) is 9.59 Å². The molecule has 4 N–H and O–H groups in total. The maximum Gasteiger partial charge on any atom is 0.253 e. The number of nitrogens with zero attached hydrogens (tertiary/aromatic N) is 1. The molecule has 1 aromatic carbocycles. The molecule has 1 aliphatic heterocycles. The molecule has 0 atom stereocenters. The lowest BCUT2D eigenvalue weighted by Gasteiger charge is -2.32. The molecule has 1 saturated heterocycles. The zero-order chi connectivity index (χ0) is 15.4. The van der Waals surface area contributed by atoms with Gasteiger partial charge < -0.3 is 21.1 Å². The number of rotatable bonds is 3. The number of carbonyl (C=O) groups is 2. The van der Waals surface area contributed by atoms with E-state index in [2.05, 4.69) is 5.32 Å². The smallest absolute Gasteiger partial charge is 0.253 e. The fraction of sp³-hybridized carbons (Fsp3) is 0.467. The van der Waals surface area contributed by atoms with Gasteiger partial charge in [0.2, 0.25) is 5.91 Å². The number of likely N-dealkylation sites (tertiary alicyclic amines) is 1. The Morgan fingerprint density at radius 2 is 2.05 bits per heavy atom. The van der Waals surface area contributed by atoms with Gasteiger partial charge in [-0.2, -0.15) is 0 Å². The summed E-state index contributed by atoms with van der Waals surface area (Å²) in [5.41, 5.74) is 6.22. The number of carbonyl (C=O) groups excluding carboxylic acids is 2. The van der Waals surface area contributed by atoms with Gasteiger partial charge in [-0.25, -0.2) is 0 Å². The highest BCUT2D eigenvalue weighted by Gasteiger charge is 2.24. The third kappa shape index (κ3) is 3.65. The summed E-state index contributed by atoms with van der Waals surface area (Å²) in [7, 11) is 0. The highest BCUT2D eigenvalue weighted by Crippen LogP contribution is 2.22. The Bertz CT molecular complexity index is 537. The summed E-state index contributed by atoms with van der Waals surface area (Å²) in [5.74, 6) is -0.153. The Balaban J connectivity index is 1.93. The molecule has 1 fully saturated rings. The van der Waals surface area contributed by atoms with Gasteiger partial charge in [0.25, 0.3) is 5.91 Å².